The average Bonchev–Trinajstić information content (AvgIpc) is 3.95. The highest BCUT2D eigenvalue weighted by Crippen LogP contribution is 2.24. The normalized spacial score (nSPS) is 14.0. The van der Waals surface area contributed by atoms with Gasteiger partial charge in [0.05, 0.1) is 33.7 Å². The molecule has 5 rings (SSSR count). The Morgan fingerprint density at radius 3 is 2.29 bits per heavy atom. The standard InChI is InChI=1S/C40H48N6O4S2/c1-28(2)38-43-34(26-51-38)24-46(3)39(48)45-36(22-32-15-10-18-42-32)37(47)21-31(19-29-11-6-4-7-12-29)16-17-33(20-30-13-8-5-9-14-30)44-40(49)50-25-35-23-41-27-52-35/h4-9,11-15,18,23,26-28,31,33,36H,10,16-17,19-22,24-25H2,1-3H3,(H,44,49)(H,45,48). The summed E-state index contributed by atoms with van der Waals surface area (Å²) in [5.74, 6) is 0.236. The molecule has 2 aromatic carbocycles. The van der Waals surface area contributed by atoms with E-state index in [9.17, 15) is 14.4 Å². The summed E-state index contributed by atoms with van der Waals surface area (Å²) in [5.41, 5.74) is 5.56. The molecule has 4 aromatic rings. The Morgan fingerprint density at radius 1 is 0.923 bits per heavy atom. The molecule has 0 aliphatic carbocycles. The predicted octanol–water partition coefficient (Wildman–Crippen LogP) is 8.12. The Kier molecular flexibility index (Phi) is 14.7. The SMILES string of the molecule is CC(C)c1nc(CN(C)C(=O)NC(CC2=CCC=N2)C(=O)CC(CCC(Cc2ccccc2)NC(=O)OCc2cncs2)Cc2ccccc2)cs1. The van der Waals surface area contributed by atoms with E-state index in [2.05, 4.69) is 51.6 Å². The molecule has 0 fully saturated rings. The molecule has 1 aliphatic heterocycles. The van der Waals surface area contributed by atoms with Gasteiger partial charge in [-0.1, -0.05) is 80.6 Å². The van der Waals surface area contributed by atoms with Gasteiger partial charge in [0.2, 0.25) is 0 Å². The molecule has 12 heteroatoms. The van der Waals surface area contributed by atoms with Gasteiger partial charge in [-0.3, -0.25) is 14.8 Å². The third kappa shape index (κ3) is 12.5. The molecular formula is C40H48N6O4S2. The molecule has 52 heavy (non-hydrogen) atoms. The monoisotopic (exact) mass is 740 g/mol. The van der Waals surface area contributed by atoms with Crippen molar-refractivity contribution in [3.63, 3.8) is 0 Å². The molecule has 3 atom stereocenters. The van der Waals surface area contributed by atoms with E-state index < -0.39 is 12.1 Å². The number of hydrogen-bond acceptors (Lipinski definition) is 9. The number of Topliss-reactive ketones (excluding diaryl/α,β-unsaturated/α-hetero) is 1. The molecule has 2 N–H and O–H groups in total. The van der Waals surface area contributed by atoms with Gasteiger partial charge in [-0.25, -0.2) is 14.6 Å². The minimum Gasteiger partial charge on any atom is -0.444 e. The van der Waals surface area contributed by atoms with Crippen LogP contribution in [0.15, 0.2) is 94.5 Å². The Hall–Kier alpha value is -4.68. The lowest BCUT2D eigenvalue weighted by atomic mass is 9.86. The van der Waals surface area contributed by atoms with Gasteiger partial charge < -0.3 is 20.3 Å². The van der Waals surface area contributed by atoms with Crippen molar-refractivity contribution in [3.05, 3.63) is 116 Å². The number of rotatable bonds is 19. The van der Waals surface area contributed by atoms with Crippen LogP contribution in [0.1, 0.15) is 78.6 Å². The number of urea groups is 1. The third-order valence-electron chi connectivity index (χ3n) is 8.88. The molecule has 0 radical (unpaired) electrons. The van der Waals surface area contributed by atoms with Gasteiger partial charge in [0.25, 0.3) is 0 Å². The first-order valence-electron chi connectivity index (χ1n) is 17.8. The van der Waals surface area contributed by atoms with E-state index in [1.165, 1.54) is 11.3 Å². The van der Waals surface area contributed by atoms with Crippen molar-refractivity contribution in [1.29, 1.82) is 0 Å². The Morgan fingerprint density at radius 2 is 1.65 bits per heavy atom. The first-order valence-corrected chi connectivity index (χ1v) is 19.6. The van der Waals surface area contributed by atoms with Crippen LogP contribution in [0.2, 0.25) is 0 Å². The van der Waals surface area contributed by atoms with Gasteiger partial charge in [0.1, 0.15) is 6.61 Å². The second-order valence-corrected chi connectivity index (χ2v) is 15.4. The predicted molar refractivity (Wildman–Crippen MR) is 208 cm³/mol. The topological polar surface area (TPSA) is 126 Å². The fraction of sp³-hybridized carbons (Fsp3) is 0.400. The van der Waals surface area contributed by atoms with Gasteiger partial charge in [0, 0.05) is 61.8 Å². The van der Waals surface area contributed by atoms with Crippen LogP contribution in [0.3, 0.4) is 0 Å². The second-order valence-electron chi connectivity index (χ2n) is 13.5. The molecule has 274 valence electrons. The Balaban J connectivity index is 1.28. The van der Waals surface area contributed by atoms with Crippen LogP contribution >= 0.6 is 22.7 Å². The van der Waals surface area contributed by atoms with E-state index in [1.54, 1.807) is 35.0 Å². The maximum absolute atomic E-state index is 14.2. The number of carbonyl (C=O) groups is 3. The maximum Gasteiger partial charge on any atom is 0.407 e. The number of aromatic nitrogens is 2. The number of benzene rings is 2. The van der Waals surface area contributed by atoms with Crippen LogP contribution in [0, 0.1) is 5.92 Å². The summed E-state index contributed by atoms with van der Waals surface area (Å²) in [6.07, 6.45) is 8.94. The number of ether oxygens (including phenoxy) is 1. The zero-order valence-corrected chi connectivity index (χ0v) is 31.7. The molecule has 0 bridgehead atoms. The molecule has 3 unspecified atom stereocenters. The van der Waals surface area contributed by atoms with Crippen LogP contribution < -0.4 is 10.6 Å². The molecule has 0 saturated carbocycles. The van der Waals surface area contributed by atoms with Gasteiger partial charge in [-0.2, -0.15) is 0 Å². The van der Waals surface area contributed by atoms with Gasteiger partial charge in [-0.15, -0.1) is 22.7 Å². The number of nitrogens with zero attached hydrogens (tertiary/aromatic N) is 4. The zero-order valence-electron chi connectivity index (χ0n) is 30.1. The lowest BCUT2D eigenvalue weighted by Crippen LogP contribution is -2.47. The van der Waals surface area contributed by atoms with Crippen LogP contribution in [0.5, 0.6) is 0 Å². The summed E-state index contributed by atoms with van der Waals surface area (Å²) < 4.78 is 5.52. The number of ketones is 1. The molecular weight excluding hydrogens is 693 g/mol. The molecule has 3 amide bonds. The van der Waals surface area contributed by atoms with E-state index in [-0.39, 0.29) is 36.8 Å². The maximum atomic E-state index is 14.2. The van der Waals surface area contributed by atoms with Crippen molar-refractivity contribution in [2.75, 3.05) is 7.05 Å². The zero-order chi connectivity index (χ0) is 36.7. The van der Waals surface area contributed by atoms with E-state index in [0.29, 0.717) is 51.0 Å². The summed E-state index contributed by atoms with van der Waals surface area (Å²) in [6.45, 7) is 4.70. The highest BCUT2D eigenvalue weighted by atomic mass is 32.1. The number of alkyl carbamates (subject to hydrolysis) is 1. The van der Waals surface area contributed by atoms with E-state index in [4.69, 9.17) is 4.74 Å². The Labute approximate surface area is 314 Å². The average molecular weight is 741 g/mol. The largest absolute Gasteiger partial charge is 0.444 e. The highest BCUT2D eigenvalue weighted by Gasteiger charge is 2.28. The van der Waals surface area contributed by atoms with Crippen molar-refractivity contribution >= 4 is 46.8 Å². The van der Waals surface area contributed by atoms with Crippen molar-refractivity contribution in [1.82, 2.24) is 25.5 Å². The van der Waals surface area contributed by atoms with E-state index in [1.807, 2.05) is 66.2 Å². The summed E-state index contributed by atoms with van der Waals surface area (Å²) >= 11 is 3.03. The van der Waals surface area contributed by atoms with Crippen LogP contribution in [-0.4, -0.2) is 58.1 Å². The van der Waals surface area contributed by atoms with Gasteiger partial charge in [0.15, 0.2) is 5.78 Å². The van der Waals surface area contributed by atoms with Gasteiger partial charge >= 0.3 is 12.1 Å². The summed E-state index contributed by atoms with van der Waals surface area (Å²) in [6, 6.07) is 18.9. The molecule has 0 saturated heterocycles. The molecule has 1 aliphatic rings. The number of aliphatic imine (C=N–C) groups is 1. The van der Waals surface area contributed by atoms with Gasteiger partial charge in [-0.05, 0) is 42.7 Å². The Bertz CT molecular complexity index is 1780. The first-order chi connectivity index (χ1) is 25.2. The van der Waals surface area contributed by atoms with Crippen LogP contribution in [0.25, 0.3) is 0 Å². The summed E-state index contributed by atoms with van der Waals surface area (Å²) in [4.78, 5) is 56.3. The van der Waals surface area contributed by atoms with Crippen LogP contribution in [-0.2, 0) is 35.5 Å². The van der Waals surface area contributed by atoms with Crippen molar-refractivity contribution < 1.29 is 19.1 Å². The summed E-state index contributed by atoms with van der Waals surface area (Å²) in [5, 5.41) is 9.13. The quantitative estimate of drug-likeness (QED) is 0.100. The lowest BCUT2D eigenvalue weighted by Gasteiger charge is -2.26. The number of hydrogen-bond donors (Lipinski definition) is 2. The number of nitrogens with one attached hydrogen (secondary N) is 2. The lowest BCUT2D eigenvalue weighted by molar-refractivity contribution is -0.121. The molecule has 2 aromatic heterocycles. The van der Waals surface area contributed by atoms with Crippen molar-refractivity contribution in [2.24, 2.45) is 10.9 Å². The third-order valence-corrected chi connectivity index (χ3v) is 10.8. The van der Waals surface area contributed by atoms with Crippen molar-refractivity contribution in [2.45, 2.75) is 89.9 Å². The van der Waals surface area contributed by atoms with E-state index in [0.717, 1.165) is 32.4 Å². The summed E-state index contributed by atoms with van der Waals surface area (Å²) in [7, 11) is 1.72. The van der Waals surface area contributed by atoms with E-state index >= 15 is 0 Å². The number of amides is 3. The molecule has 3 heterocycles. The smallest absolute Gasteiger partial charge is 0.407 e. The fourth-order valence-corrected chi connectivity index (χ4v) is 7.44. The van der Waals surface area contributed by atoms with Crippen LogP contribution in [0.4, 0.5) is 9.59 Å². The number of allylic oxidation sites excluding steroid dienone is 1. The minimum atomic E-state index is -0.739. The number of thiazole rings is 2. The molecule has 0 spiro atoms. The highest BCUT2D eigenvalue weighted by molar-refractivity contribution is 7.09. The molecule has 10 nitrogen and oxygen atoms in total. The number of carbonyl (C=O) groups excluding carboxylic acids is 3. The second kappa shape index (κ2) is 19.8. The van der Waals surface area contributed by atoms with Crippen molar-refractivity contribution in [3.8, 4) is 0 Å². The first kappa shape index (κ1) is 38.5. The minimum absolute atomic E-state index is 0.0363. The fourth-order valence-electron chi connectivity index (χ4n) is 6.11.